The van der Waals surface area contributed by atoms with E-state index in [0.29, 0.717) is 18.1 Å². The van der Waals surface area contributed by atoms with Crippen LogP contribution in [0, 0.1) is 3.57 Å². The first-order chi connectivity index (χ1) is 15.5. The summed E-state index contributed by atoms with van der Waals surface area (Å²) in [5.41, 5.74) is 2.93. The van der Waals surface area contributed by atoms with E-state index in [2.05, 4.69) is 55.6 Å². The second-order valence-electron chi connectivity index (χ2n) is 6.93. The van der Waals surface area contributed by atoms with Crippen molar-refractivity contribution in [3.8, 4) is 11.5 Å². The molecule has 0 radical (unpaired) electrons. The molecule has 0 N–H and O–H groups in total. The summed E-state index contributed by atoms with van der Waals surface area (Å²) in [6, 6.07) is 21.4. The summed E-state index contributed by atoms with van der Waals surface area (Å²) < 4.78 is 18.6. The number of esters is 1. The fraction of sp³-hybridized carbons (Fsp3) is 0.120. The van der Waals surface area contributed by atoms with Gasteiger partial charge in [0.15, 0.2) is 17.2 Å². The van der Waals surface area contributed by atoms with Gasteiger partial charge in [-0.3, -0.25) is 0 Å². The Balaban J connectivity index is 1.55. The highest BCUT2D eigenvalue weighted by Gasteiger charge is 2.25. The van der Waals surface area contributed by atoms with Crippen molar-refractivity contribution in [1.29, 1.82) is 0 Å². The zero-order chi connectivity index (χ0) is 22.5. The fourth-order valence-electron chi connectivity index (χ4n) is 3.20. The molecule has 0 atom stereocenters. The Kier molecular flexibility index (Phi) is 7.26. The number of ether oxygens (including phenoxy) is 3. The van der Waals surface area contributed by atoms with Crippen LogP contribution in [0.1, 0.15) is 16.7 Å². The molecular formula is C25H19BrINO4. The number of aliphatic imine (C=N–C) groups is 1. The Morgan fingerprint density at radius 3 is 2.59 bits per heavy atom. The largest absolute Gasteiger partial charge is 0.493 e. The molecule has 32 heavy (non-hydrogen) atoms. The van der Waals surface area contributed by atoms with E-state index in [1.807, 2.05) is 54.6 Å². The van der Waals surface area contributed by atoms with Gasteiger partial charge in [-0.15, -0.1) is 0 Å². The molecule has 0 aromatic heterocycles. The lowest BCUT2D eigenvalue weighted by molar-refractivity contribution is -0.129. The lowest BCUT2D eigenvalue weighted by Gasteiger charge is -2.13. The molecule has 0 aliphatic carbocycles. The van der Waals surface area contributed by atoms with Gasteiger partial charge < -0.3 is 14.2 Å². The van der Waals surface area contributed by atoms with Crippen LogP contribution in [-0.2, 0) is 16.0 Å². The third-order valence-electron chi connectivity index (χ3n) is 4.76. The van der Waals surface area contributed by atoms with Crippen LogP contribution in [0.2, 0.25) is 0 Å². The number of hydrogen-bond donors (Lipinski definition) is 0. The van der Waals surface area contributed by atoms with Crippen LogP contribution in [0.4, 0.5) is 0 Å². The van der Waals surface area contributed by atoms with Gasteiger partial charge in [-0.2, -0.15) is 0 Å². The molecule has 0 amide bonds. The monoisotopic (exact) mass is 603 g/mol. The molecule has 0 saturated heterocycles. The Morgan fingerprint density at radius 1 is 1.09 bits per heavy atom. The maximum atomic E-state index is 12.4. The van der Waals surface area contributed by atoms with E-state index in [-0.39, 0.29) is 11.6 Å². The third kappa shape index (κ3) is 5.21. The van der Waals surface area contributed by atoms with Gasteiger partial charge in [0, 0.05) is 10.9 Å². The topological polar surface area (TPSA) is 57.1 Å². The molecule has 0 unspecified atom stereocenters. The van der Waals surface area contributed by atoms with Crippen molar-refractivity contribution in [3.05, 3.63) is 97.2 Å². The average molecular weight is 604 g/mol. The highest BCUT2D eigenvalue weighted by Crippen LogP contribution is 2.35. The van der Waals surface area contributed by atoms with E-state index in [1.54, 1.807) is 13.2 Å². The fourth-order valence-corrected chi connectivity index (χ4v) is 4.43. The van der Waals surface area contributed by atoms with Crippen LogP contribution < -0.4 is 9.47 Å². The van der Waals surface area contributed by atoms with Gasteiger partial charge in [0.25, 0.3) is 0 Å². The van der Waals surface area contributed by atoms with Crippen molar-refractivity contribution >= 4 is 56.5 Å². The van der Waals surface area contributed by atoms with Gasteiger partial charge in [-0.05, 0) is 80.0 Å². The predicted octanol–water partition coefficient (Wildman–Crippen LogP) is 6.03. The van der Waals surface area contributed by atoms with Crippen molar-refractivity contribution in [1.82, 2.24) is 0 Å². The zero-order valence-electron chi connectivity index (χ0n) is 17.2. The average Bonchev–Trinajstić information content (AvgIpc) is 3.15. The van der Waals surface area contributed by atoms with Crippen molar-refractivity contribution in [2.24, 2.45) is 4.99 Å². The summed E-state index contributed by atoms with van der Waals surface area (Å²) in [6.45, 7) is 0.530. The molecule has 3 aromatic carbocycles. The van der Waals surface area contributed by atoms with E-state index in [1.165, 1.54) is 5.56 Å². The highest BCUT2D eigenvalue weighted by molar-refractivity contribution is 14.1. The molecule has 0 saturated carbocycles. The number of hydrogen-bond acceptors (Lipinski definition) is 5. The zero-order valence-corrected chi connectivity index (χ0v) is 20.9. The minimum Gasteiger partial charge on any atom is -0.493 e. The van der Waals surface area contributed by atoms with Crippen LogP contribution in [0.3, 0.4) is 0 Å². The van der Waals surface area contributed by atoms with Gasteiger partial charge in [0.05, 0.1) is 22.9 Å². The Bertz CT molecular complexity index is 1210. The highest BCUT2D eigenvalue weighted by atomic mass is 127. The second kappa shape index (κ2) is 10.3. The van der Waals surface area contributed by atoms with Crippen LogP contribution >= 0.6 is 38.5 Å². The molecule has 0 bridgehead atoms. The standard InChI is InChI=1S/C25H19BrINO4/c1-30-22-15-17(13-20(27)23(22)31-12-11-16-7-3-2-4-8-16)14-21-25(29)32-24(28-21)18-9-5-6-10-19(18)26/h2-10,13-15H,11-12H2,1H3/b21-14-. The van der Waals surface area contributed by atoms with Crippen LogP contribution in [-0.4, -0.2) is 25.6 Å². The maximum absolute atomic E-state index is 12.4. The second-order valence-corrected chi connectivity index (χ2v) is 8.95. The summed E-state index contributed by atoms with van der Waals surface area (Å²) in [5.74, 6) is 1.06. The lowest BCUT2D eigenvalue weighted by Crippen LogP contribution is -2.06. The van der Waals surface area contributed by atoms with E-state index in [0.717, 1.165) is 25.6 Å². The number of methoxy groups -OCH3 is 1. The van der Waals surface area contributed by atoms with Crippen LogP contribution in [0.15, 0.2) is 81.9 Å². The Labute approximate surface area is 208 Å². The number of benzene rings is 3. The molecule has 5 nitrogen and oxygen atoms in total. The van der Waals surface area contributed by atoms with Gasteiger partial charge >= 0.3 is 5.97 Å². The molecule has 162 valence electrons. The van der Waals surface area contributed by atoms with Crippen molar-refractivity contribution < 1.29 is 19.0 Å². The SMILES string of the molecule is COc1cc(/C=C2\N=C(c3ccccc3Br)OC2=O)cc(I)c1OCCc1ccccc1. The first kappa shape index (κ1) is 22.5. The number of carbonyl (C=O) groups is 1. The van der Waals surface area contributed by atoms with Gasteiger partial charge in [-0.25, -0.2) is 9.79 Å². The molecule has 0 spiro atoms. The van der Waals surface area contributed by atoms with Crippen molar-refractivity contribution in [2.75, 3.05) is 13.7 Å². The molecule has 4 rings (SSSR count). The number of nitrogens with zero attached hydrogens (tertiary/aromatic N) is 1. The van der Waals surface area contributed by atoms with Crippen LogP contribution in [0.5, 0.6) is 11.5 Å². The minimum absolute atomic E-state index is 0.228. The van der Waals surface area contributed by atoms with Crippen molar-refractivity contribution in [3.63, 3.8) is 0 Å². The summed E-state index contributed by atoms with van der Waals surface area (Å²) in [7, 11) is 1.60. The molecule has 7 heteroatoms. The Hall–Kier alpha value is -2.65. The molecule has 1 aliphatic rings. The van der Waals surface area contributed by atoms with E-state index in [4.69, 9.17) is 14.2 Å². The number of halogens is 2. The molecule has 1 heterocycles. The first-order valence-electron chi connectivity index (χ1n) is 9.87. The normalized spacial score (nSPS) is 14.3. The van der Waals surface area contributed by atoms with E-state index >= 15 is 0 Å². The van der Waals surface area contributed by atoms with E-state index in [9.17, 15) is 4.79 Å². The minimum atomic E-state index is -0.493. The van der Waals surface area contributed by atoms with Gasteiger partial charge in [0.2, 0.25) is 5.90 Å². The number of rotatable bonds is 7. The quantitative estimate of drug-likeness (QED) is 0.188. The Morgan fingerprint density at radius 2 is 1.84 bits per heavy atom. The molecule has 3 aromatic rings. The maximum Gasteiger partial charge on any atom is 0.363 e. The predicted molar refractivity (Wildman–Crippen MR) is 136 cm³/mol. The van der Waals surface area contributed by atoms with Crippen molar-refractivity contribution in [2.45, 2.75) is 6.42 Å². The summed E-state index contributed by atoms with van der Waals surface area (Å²) in [4.78, 5) is 16.8. The van der Waals surface area contributed by atoms with Crippen LogP contribution in [0.25, 0.3) is 6.08 Å². The third-order valence-corrected chi connectivity index (χ3v) is 6.25. The number of carbonyl (C=O) groups excluding carboxylic acids is 1. The van der Waals surface area contributed by atoms with Gasteiger partial charge in [0.1, 0.15) is 0 Å². The molecule has 0 fully saturated rings. The summed E-state index contributed by atoms with van der Waals surface area (Å²) in [5, 5.41) is 0. The summed E-state index contributed by atoms with van der Waals surface area (Å²) in [6.07, 6.45) is 2.48. The number of cyclic esters (lactones) is 1. The summed E-state index contributed by atoms with van der Waals surface area (Å²) >= 11 is 5.67. The lowest BCUT2D eigenvalue weighted by atomic mass is 10.1. The van der Waals surface area contributed by atoms with Gasteiger partial charge in [-0.1, -0.05) is 42.5 Å². The first-order valence-corrected chi connectivity index (χ1v) is 11.7. The molecular weight excluding hydrogens is 585 g/mol. The smallest absolute Gasteiger partial charge is 0.363 e. The molecule has 1 aliphatic heterocycles. The van der Waals surface area contributed by atoms with E-state index < -0.39 is 5.97 Å².